The van der Waals surface area contributed by atoms with Crippen LogP contribution in [0.15, 0.2) is 69.6 Å². The lowest BCUT2D eigenvalue weighted by Gasteiger charge is -2.25. The molecule has 5 nitrogen and oxygen atoms in total. The highest BCUT2D eigenvalue weighted by Gasteiger charge is 2.33. The molecule has 0 radical (unpaired) electrons. The van der Waals surface area contributed by atoms with E-state index in [1.807, 2.05) is 49.4 Å². The van der Waals surface area contributed by atoms with Crippen molar-refractivity contribution < 1.29 is 9.53 Å². The molecular formula is C27H28N2O3S. The van der Waals surface area contributed by atoms with Crippen molar-refractivity contribution in [1.29, 1.82) is 0 Å². The van der Waals surface area contributed by atoms with E-state index in [0.717, 1.165) is 16.7 Å². The molecule has 33 heavy (non-hydrogen) atoms. The van der Waals surface area contributed by atoms with Gasteiger partial charge in [0.2, 0.25) is 0 Å². The number of carbonyl (C=O) groups is 1. The second-order valence-corrected chi connectivity index (χ2v) is 9.54. The van der Waals surface area contributed by atoms with E-state index in [4.69, 9.17) is 4.74 Å². The highest BCUT2D eigenvalue weighted by molar-refractivity contribution is 7.07. The summed E-state index contributed by atoms with van der Waals surface area (Å²) in [5.41, 5.74) is 4.99. The fourth-order valence-corrected chi connectivity index (χ4v) is 5.03. The molecule has 1 aliphatic rings. The fourth-order valence-electron chi connectivity index (χ4n) is 3.98. The Bertz CT molecular complexity index is 1390. The largest absolute Gasteiger partial charge is 0.463 e. The lowest BCUT2D eigenvalue weighted by molar-refractivity contribution is -0.139. The second-order valence-electron chi connectivity index (χ2n) is 8.53. The van der Waals surface area contributed by atoms with E-state index in [0.29, 0.717) is 26.5 Å². The summed E-state index contributed by atoms with van der Waals surface area (Å²) in [6, 6.07) is 15.5. The minimum absolute atomic E-state index is 0.161. The number of thiazole rings is 1. The SMILES string of the molecule is CCOC(=O)C1=C(C)N=c2s/c(=C\c3ccc(C)cc3)c(=O)n2C1c1ccc(C(C)C)cc1. The molecule has 0 N–H and O–H groups in total. The van der Waals surface area contributed by atoms with Crippen molar-refractivity contribution >= 4 is 23.4 Å². The number of ether oxygens (including phenoxy) is 1. The molecule has 1 aromatic heterocycles. The quantitative estimate of drug-likeness (QED) is 0.536. The number of esters is 1. The van der Waals surface area contributed by atoms with Gasteiger partial charge in [0.1, 0.15) is 0 Å². The van der Waals surface area contributed by atoms with Gasteiger partial charge in [-0.05, 0) is 49.5 Å². The average molecular weight is 461 g/mol. The molecule has 0 spiro atoms. The zero-order valence-electron chi connectivity index (χ0n) is 19.6. The normalized spacial score (nSPS) is 16.1. The van der Waals surface area contributed by atoms with Gasteiger partial charge in [-0.3, -0.25) is 9.36 Å². The van der Waals surface area contributed by atoms with E-state index in [1.165, 1.54) is 16.9 Å². The Morgan fingerprint density at radius 1 is 1.12 bits per heavy atom. The zero-order valence-corrected chi connectivity index (χ0v) is 20.4. The molecule has 1 aliphatic heterocycles. The Hall–Kier alpha value is -3.25. The van der Waals surface area contributed by atoms with Crippen LogP contribution in [-0.4, -0.2) is 17.1 Å². The van der Waals surface area contributed by atoms with Crippen LogP contribution in [0.4, 0.5) is 0 Å². The first-order valence-corrected chi connectivity index (χ1v) is 12.0. The number of fused-ring (bicyclic) bond motifs is 1. The number of nitrogens with zero attached hydrogens (tertiary/aromatic N) is 2. The lowest BCUT2D eigenvalue weighted by atomic mass is 9.93. The van der Waals surface area contributed by atoms with Gasteiger partial charge in [-0.2, -0.15) is 0 Å². The van der Waals surface area contributed by atoms with Crippen LogP contribution in [0.25, 0.3) is 6.08 Å². The molecule has 0 bridgehead atoms. The summed E-state index contributed by atoms with van der Waals surface area (Å²) in [6.07, 6.45) is 1.88. The van der Waals surface area contributed by atoms with Crippen molar-refractivity contribution in [3.63, 3.8) is 0 Å². The summed E-state index contributed by atoms with van der Waals surface area (Å²) in [7, 11) is 0. The van der Waals surface area contributed by atoms with Crippen molar-refractivity contribution in [3.05, 3.63) is 102 Å². The van der Waals surface area contributed by atoms with Crippen LogP contribution in [-0.2, 0) is 9.53 Å². The number of hydrogen-bond donors (Lipinski definition) is 0. The number of rotatable bonds is 5. The summed E-state index contributed by atoms with van der Waals surface area (Å²) in [5, 5.41) is 0. The minimum Gasteiger partial charge on any atom is -0.463 e. The summed E-state index contributed by atoms with van der Waals surface area (Å²) in [6.45, 7) is 10.1. The fraction of sp³-hybridized carbons (Fsp3) is 0.296. The highest BCUT2D eigenvalue weighted by atomic mass is 32.1. The maximum absolute atomic E-state index is 13.6. The molecule has 0 amide bonds. The van der Waals surface area contributed by atoms with E-state index in [9.17, 15) is 9.59 Å². The standard InChI is InChI=1S/C27H28N2O3S/c1-6-32-26(31)23-18(5)28-27-29(24(23)21-13-11-20(12-14-21)16(2)3)25(30)22(33-27)15-19-9-7-17(4)8-10-19/h7-16,24H,6H2,1-5H3/b22-15-. The van der Waals surface area contributed by atoms with E-state index in [-0.39, 0.29) is 12.2 Å². The molecule has 2 heterocycles. The third-order valence-corrected chi connectivity index (χ3v) is 6.79. The van der Waals surface area contributed by atoms with Crippen molar-refractivity contribution in [1.82, 2.24) is 4.57 Å². The van der Waals surface area contributed by atoms with Crippen LogP contribution >= 0.6 is 11.3 Å². The summed E-state index contributed by atoms with van der Waals surface area (Å²) < 4.78 is 7.57. The molecule has 3 aromatic rings. The average Bonchev–Trinajstić information content (AvgIpc) is 3.09. The predicted octanol–water partition coefficient (Wildman–Crippen LogP) is 4.23. The molecule has 6 heteroatoms. The van der Waals surface area contributed by atoms with Gasteiger partial charge in [0.15, 0.2) is 4.80 Å². The minimum atomic E-state index is -0.582. The number of allylic oxidation sites excluding steroid dienone is 1. The Morgan fingerprint density at radius 2 is 1.79 bits per heavy atom. The molecule has 0 aliphatic carbocycles. The van der Waals surface area contributed by atoms with Crippen LogP contribution in [0.1, 0.15) is 61.9 Å². The molecule has 1 atom stereocenters. The Labute approximate surface area is 197 Å². The highest BCUT2D eigenvalue weighted by Crippen LogP contribution is 2.31. The Kier molecular flexibility index (Phi) is 6.47. The maximum atomic E-state index is 13.6. The van der Waals surface area contributed by atoms with Crippen molar-refractivity contribution in [3.8, 4) is 0 Å². The molecule has 2 aromatic carbocycles. The summed E-state index contributed by atoms with van der Waals surface area (Å²) in [5.74, 6) is -0.0538. The van der Waals surface area contributed by atoms with E-state index in [2.05, 4.69) is 31.0 Å². The summed E-state index contributed by atoms with van der Waals surface area (Å²) >= 11 is 1.34. The number of aromatic nitrogens is 1. The van der Waals surface area contributed by atoms with Crippen LogP contribution < -0.4 is 14.9 Å². The van der Waals surface area contributed by atoms with Crippen LogP contribution in [0.5, 0.6) is 0 Å². The van der Waals surface area contributed by atoms with E-state index >= 15 is 0 Å². The number of carbonyl (C=O) groups excluding carboxylic acids is 1. The van der Waals surface area contributed by atoms with Crippen molar-refractivity contribution in [2.45, 2.75) is 46.6 Å². The molecule has 0 saturated carbocycles. The van der Waals surface area contributed by atoms with Gasteiger partial charge in [-0.1, -0.05) is 79.3 Å². The maximum Gasteiger partial charge on any atom is 0.338 e. The first-order chi connectivity index (χ1) is 15.8. The molecular weight excluding hydrogens is 432 g/mol. The predicted molar refractivity (Wildman–Crippen MR) is 132 cm³/mol. The smallest absolute Gasteiger partial charge is 0.338 e. The molecule has 170 valence electrons. The first kappa shape index (κ1) is 22.9. The van der Waals surface area contributed by atoms with Crippen molar-refractivity contribution in [2.24, 2.45) is 4.99 Å². The van der Waals surface area contributed by atoms with Crippen LogP contribution in [0.2, 0.25) is 0 Å². The van der Waals surface area contributed by atoms with Gasteiger partial charge in [0, 0.05) is 0 Å². The second kappa shape index (κ2) is 9.32. The number of aryl methyl sites for hydroxylation is 1. The number of hydrogen-bond acceptors (Lipinski definition) is 5. The van der Waals surface area contributed by atoms with Gasteiger partial charge < -0.3 is 4.74 Å². The first-order valence-electron chi connectivity index (χ1n) is 11.2. The summed E-state index contributed by atoms with van der Waals surface area (Å²) in [4.78, 5) is 31.8. The van der Waals surface area contributed by atoms with Gasteiger partial charge in [-0.25, -0.2) is 9.79 Å². The van der Waals surface area contributed by atoms with Crippen LogP contribution in [0, 0.1) is 6.92 Å². The van der Waals surface area contributed by atoms with E-state index < -0.39 is 12.0 Å². The molecule has 0 fully saturated rings. The van der Waals surface area contributed by atoms with Gasteiger partial charge in [-0.15, -0.1) is 0 Å². The van der Waals surface area contributed by atoms with Gasteiger partial charge in [0.25, 0.3) is 5.56 Å². The molecule has 1 unspecified atom stereocenters. The van der Waals surface area contributed by atoms with E-state index in [1.54, 1.807) is 18.4 Å². The van der Waals surface area contributed by atoms with Gasteiger partial charge in [0.05, 0.1) is 28.5 Å². The Balaban J connectivity index is 1.92. The van der Waals surface area contributed by atoms with Gasteiger partial charge >= 0.3 is 5.97 Å². The lowest BCUT2D eigenvalue weighted by Crippen LogP contribution is -2.39. The monoisotopic (exact) mass is 460 g/mol. The zero-order chi connectivity index (χ0) is 23.7. The van der Waals surface area contributed by atoms with Crippen molar-refractivity contribution in [2.75, 3.05) is 6.61 Å². The molecule has 0 saturated heterocycles. The van der Waals surface area contributed by atoms with Crippen LogP contribution in [0.3, 0.4) is 0 Å². The number of benzene rings is 2. The topological polar surface area (TPSA) is 60.7 Å². The third-order valence-electron chi connectivity index (χ3n) is 5.81. The Morgan fingerprint density at radius 3 is 2.39 bits per heavy atom. The molecule has 4 rings (SSSR count). The third kappa shape index (κ3) is 4.48.